The highest BCUT2D eigenvalue weighted by molar-refractivity contribution is 5.69. The van der Waals surface area contributed by atoms with Crippen LogP contribution >= 0.6 is 0 Å². The zero-order valence-electron chi connectivity index (χ0n) is 27.2. The smallest absolute Gasteiger partial charge is 0.303 e. The lowest BCUT2D eigenvalue weighted by molar-refractivity contribution is -0.341. The van der Waals surface area contributed by atoms with Crippen LogP contribution in [0.4, 0.5) is 0 Å². The summed E-state index contributed by atoms with van der Waals surface area (Å²) >= 11 is 0. The van der Waals surface area contributed by atoms with Crippen LogP contribution in [0.5, 0.6) is 0 Å². The van der Waals surface area contributed by atoms with E-state index in [0.717, 1.165) is 20.8 Å². The van der Waals surface area contributed by atoms with Gasteiger partial charge < -0.3 is 38.3 Å². The standard InChI is InChI=1S/C31H48O13/c1-15(2)21-10-12-30(8)23(39-17(4)33)11-13-31(9,37)28(30)24(21)44-29-27(42-20(7)36)26(41-19(6)35)25(40-18(5)34)22(43-29)14-38-16(3)32/h15,21-29,37H,10-14H2,1-9H3/t21-,22+,23-,24+,25+,26-,27+,28-,29-,30+,31-/m0/s1. The predicted octanol–water partition coefficient (Wildman–Crippen LogP) is 2.62. The SMILES string of the molecule is CC(=O)OC[C@H]1O[C@@H](O[C@@H]2[C@H](C(C)C)CC[C@]3(C)[C@@H](OC(C)=O)CC[C@](C)(O)[C@@H]23)[C@H](OC(C)=O)[C@@H](OC(C)=O)[C@@H]1OC(C)=O. The van der Waals surface area contributed by atoms with Crippen molar-refractivity contribution in [2.45, 2.75) is 137 Å². The van der Waals surface area contributed by atoms with Gasteiger partial charge in [0.1, 0.15) is 18.8 Å². The Labute approximate surface area is 258 Å². The fraction of sp³-hybridized carbons (Fsp3) is 0.839. The monoisotopic (exact) mass is 628 g/mol. The van der Waals surface area contributed by atoms with E-state index in [1.165, 1.54) is 13.8 Å². The number of hydrogen-bond donors (Lipinski definition) is 1. The zero-order valence-corrected chi connectivity index (χ0v) is 27.2. The van der Waals surface area contributed by atoms with Gasteiger partial charge in [0, 0.05) is 46.0 Å². The molecule has 0 aromatic rings. The number of esters is 5. The van der Waals surface area contributed by atoms with Crippen LogP contribution in [-0.2, 0) is 57.1 Å². The molecule has 0 aromatic heterocycles. The van der Waals surface area contributed by atoms with E-state index in [4.69, 9.17) is 33.2 Å². The first-order valence-electron chi connectivity index (χ1n) is 15.2. The summed E-state index contributed by atoms with van der Waals surface area (Å²) in [5, 5.41) is 11.9. The summed E-state index contributed by atoms with van der Waals surface area (Å²) in [6, 6.07) is 0. The van der Waals surface area contributed by atoms with Crippen molar-refractivity contribution in [3.05, 3.63) is 0 Å². The molecule has 0 unspecified atom stereocenters. The molecule has 0 aromatic carbocycles. The number of carbonyl (C=O) groups excluding carboxylic acids is 5. The average molecular weight is 629 g/mol. The number of hydrogen-bond acceptors (Lipinski definition) is 13. The molecule has 44 heavy (non-hydrogen) atoms. The van der Waals surface area contributed by atoms with Gasteiger partial charge >= 0.3 is 29.8 Å². The Morgan fingerprint density at radius 2 is 1.30 bits per heavy atom. The molecule has 0 bridgehead atoms. The van der Waals surface area contributed by atoms with Crippen LogP contribution in [0.15, 0.2) is 0 Å². The van der Waals surface area contributed by atoms with Crippen LogP contribution in [0.2, 0.25) is 0 Å². The third kappa shape index (κ3) is 8.08. The van der Waals surface area contributed by atoms with E-state index in [0.29, 0.717) is 25.7 Å². The highest BCUT2D eigenvalue weighted by Crippen LogP contribution is 2.58. The molecule has 13 heteroatoms. The second-order valence-corrected chi connectivity index (χ2v) is 13.1. The number of aliphatic hydroxyl groups is 1. The third-order valence-corrected chi connectivity index (χ3v) is 9.20. The first-order valence-corrected chi connectivity index (χ1v) is 15.2. The first kappa shape index (κ1) is 35.7. The molecule has 13 nitrogen and oxygen atoms in total. The summed E-state index contributed by atoms with van der Waals surface area (Å²) in [7, 11) is 0. The maximum atomic E-state index is 12.4. The van der Waals surface area contributed by atoms with Crippen LogP contribution in [0, 0.1) is 23.2 Å². The van der Waals surface area contributed by atoms with E-state index >= 15 is 0 Å². The summed E-state index contributed by atoms with van der Waals surface area (Å²) < 4.78 is 40.7. The highest BCUT2D eigenvalue weighted by atomic mass is 16.7. The van der Waals surface area contributed by atoms with Crippen molar-refractivity contribution in [3.8, 4) is 0 Å². The molecule has 0 amide bonds. The molecule has 0 radical (unpaired) electrons. The van der Waals surface area contributed by atoms with Crippen molar-refractivity contribution in [2.75, 3.05) is 6.61 Å². The van der Waals surface area contributed by atoms with Crippen molar-refractivity contribution in [1.82, 2.24) is 0 Å². The summed E-state index contributed by atoms with van der Waals surface area (Å²) in [4.78, 5) is 60.6. The molecule has 3 aliphatic rings. The normalized spacial score (nSPS) is 38.6. The van der Waals surface area contributed by atoms with Gasteiger partial charge in [0.15, 0.2) is 24.6 Å². The molecule has 2 saturated carbocycles. The largest absolute Gasteiger partial charge is 0.463 e. The van der Waals surface area contributed by atoms with Gasteiger partial charge in [0.2, 0.25) is 0 Å². The van der Waals surface area contributed by atoms with E-state index in [1.54, 1.807) is 6.92 Å². The molecular weight excluding hydrogens is 580 g/mol. The molecule has 3 rings (SSSR count). The Kier molecular flexibility index (Phi) is 11.5. The maximum absolute atomic E-state index is 12.4. The van der Waals surface area contributed by atoms with Gasteiger partial charge in [-0.05, 0) is 44.4 Å². The van der Waals surface area contributed by atoms with Crippen molar-refractivity contribution >= 4 is 29.8 Å². The fourth-order valence-corrected chi connectivity index (χ4v) is 7.49. The fourth-order valence-electron chi connectivity index (χ4n) is 7.49. The molecule has 250 valence electrons. The Balaban J connectivity index is 2.13. The quantitative estimate of drug-likeness (QED) is 0.292. The second kappa shape index (κ2) is 14.1. The van der Waals surface area contributed by atoms with Crippen LogP contribution < -0.4 is 0 Å². The number of rotatable bonds is 9. The molecular formula is C31H48O13. The Morgan fingerprint density at radius 3 is 1.82 bits per heavy atom. The number of ether oxygens (including phenoxy) is 7. The Hall–Kier alpha value is -2.77. The molecule has 11 atom stereocenters. The Bertz CT molecular complexity index is 1090. The molecule has 3 fully saturated rings. The highest BCUT2D eigenvalue weighted by Gasteiger charge is 2.63. The summed E-state index contributed by atoms with van der Waals surface area (Å²) in [6.45, 7) is 13.4. The minimum atomic E-state index is -1.40. The first-order chi connectivity index (χ1) is 20.4. The van der Waals surface area contributed by atoms with Crippen LogP contribution in [-0.4, -0.2) is 90.1 Å². The van der Waals surface area contributed by atoms with Gasteiger partial charge in [-0.25, -0.2) is 0 Å². The number of fused-ring (bicyclic) bond motifs is 1. The van der Waals surface area contributed by atoms with E-state index < -0.39 is 89.7 Å². The van der Waals surface area contributed by atoms with Gasteiger partial charge in [-0.1, -0.05) is 20.8 Å². The van der Waals surface area contributed by atoms with Gasteiger partial charge in [0.25, 0.3) is 0 Å². The third-order valence-electron chi connectivity index (χ3n) is 9.20. The van der Waals surface area contributed by atoms with Crippen LogP contribution in [0.3, 0.4) is 0 Å². The van der Waals surface area contributed by atoms with E-state index in [-0.39, 0.29) is 18.4 Å². The molecule has 1 N–H and O–H groups in total. The van der Waals surface area contributed by atoms with Gasteiger partial charge in [-0.15, -0.1) is 0 Å². The minimum absolute atomic E-state index is 0.0834. The maximum Gasteiger partial charge on any atom is 0.303 e. The molecule has 0 spiro atoms. The average Bonchev–Trinajstić information content (AvgIpc) is 2.86. The zero-order chi connectivity index (χ0) is 33.1. The van der Waals surface area contributed by atoms with Gasteiger partial charge in [-0.2, -0.15) is 0 Å². The molecule has 1 heterocycles. The lowest BCUT2D eigenvalue weighted by Crippen LogP contribution is -2.67. The van der Waals surface area contributed by atoms with Gasteiger partial charge in [-0.3, -0.25) is 24.0 Å². The summed E-state index contributed by atoms with van der Waals surface area (Å²) in [5.41, 5.74) is -1.91. The predicted molar refractivity (Wildman–Crippen MR) is 151 cm³/mol. The topological polar surface area (TPSA) is 170 Å². The van der Waals surface area contributed by atoms with E-state index in [9.17, 15) is 29.1 Å². The Morgan fingerprint density at radius 1 is 0.750 bits per heavy atom. The van der Waals surface area contributed by atoms with E-state index in [1.807, 2.05) is 20.8 Å². The lowest BCUT2D eigenvalue weighted by atomic mass is 9.50. The van der Waals surface area contributed by atoms with E-state index in [2.05, 4.69) is 0 Å². The molecule has 1 aliphatic heterocycles. The molecule has 2 aliphatic carbocycles. The summed E-state index contributed by atoms with van der Waals surface area (Å²) in [6.07, 6.45) is -5.69. The van der Waals surface area contributed by atoms with Crippen molar-refractivity contribution in [1.29, 1.82) is 0 Å². The summed E-state index contributed by atoms with van der Waals surface area (Å²) in [5.74, 6) is -3.85. The number of carbonyl (C=O) groups is 5. The van der Waals surface area contributed by atoms with Gasteiger partial charge in [0.05, 0.1) is 11.7 Å². The van der Waals surface area contributed by atoms with Crippen molar-refractivity contribution in [3.63, 3.8) is 0 Å². The minimum Gasteiger partial charge on any atom is -0.463 e. The van der Waals surface area contributed by atoms with Crippen LogP contribution in [0.1, 0.15) is 88.0 Å². The molecule has 1 saturated heterocycles. The second-order valence-electron chi connectivity index (χ2n) is 13.1. The van der Waals surface area contributed by atoms with Crippen molar-refractivity contribution < 1.29 is 62.2 Å². The van der Waals surface area contributed by atoms with Crippen molar-refractivity contribution in [2.24, 2.45) is 23.2 Å². The lowest BCUT2D eigenvalue weighted by Gasteiger charge is -2.60. The van der Waals surface area contributed by atoms with Crippen LogP contribution in [0.25, 0.3) is 0 Å².